The van der Waals surface area contributed by atoms with Crippen molar-refractivity contribution in [3.63, 3.8) is 0 Å². The highest BCUT2D eigenvalue weighted by Crippen LogP contribution is 2.19. The van der Waals surface area contributed by atoms with Gasteiger partial charge in [-0.3, -0.25) is 4.79 Å². The van der Waals surface area contributed by atoms with Gasteiger partial charge in [0.2, 0.25) is 0 Å². The van der Waals surface area contributed by atoms with Crippen molar-refractivity contribution < 1.29 is 4.79 Å². The van der Waals surface area contributed by atoms with Crippen LogP contribution in [0, 0.1) is 0 Å². The molecule has 0 atom stereocenters. The van der Waals surface area contributed by atoms with Gasteiger partial charge in [-0.2, -0.15) is 0 Å². The number of hydrogen-bond donors (Lipinski definition) is 1. The first kappa shape index (κ1) is 15.4. The number of anilines is 2. The second-order valence-corrected chi connectivity index (χ2v) is 5.26. The number of rotatable bonds is 5. The highest BCUT2D eigenvalue weighted by Gasteiger charge is 2.11. The first-order chi connectivity index (χ1) is 10.0. The van der Waals surface area contributed by atoms with Crippen molar-refractivity contribution in [1.29, 1.82) is 0 Å². The molecule has 0 spiro atoms. The highest BCUT2D eigenvalue weighted by atomic mass is 35.5. The molecule has 4 nitrogen and oxygen atoms in total. The fraction of sp³-hybridized carbons (Fsp3) is 0.312. The lowest BCUT2D eigenvalue weighted by atomic mass is 10.2. The molecule has 112 valence electrons. The molecule has 0 aliphatic carbocycles. The van der Waals surface area contributed by atoms with Crippen molar-refractivity contribution in [3.8, 4) is 0 Å². The van der Waals surface area contributed by atoms with E-state index in [9.17, 15) is 4.79 Å². The number of nitrogens with one attached hydrogen (secondary N) is 1. The standard InChI is InChI=1S/C16H20ClN3O/c1-4-20(5-2)14-8-6-13(7-9-14)18-16(21)15-10-12(17)11-19(15)3/h6-11H,4-5H2,1-3H3,(H,18,21). The van der Waals surface area contributed by atoms with Gasteiger partial charge in [0.1, 0.15) is 5.69 Å². The van der Waals surface area contributed by atoms with Crippen LogP contribution in [-0.4, -0.2) is 23.6 Å². The predicted molar refractivity (Wildman–Crippen MR) is 88.4 cm³/mol. The molecule has 1 heterocycles. The number of aromatic nitrogens is 1. The number of amides is 1. The summed E-state index contributed by atoms with van der Waals surface area (Å²) < 4.78 is 1.71. The molecule has 0 saturated heterocycles. The van der Waals surface area contributed by atoms with Crippen LogP contribution in [0.4, 0.5) is 11.4 Å². The number of carbonyl (C=O) groups is 1. The van der Waals surface area contributed by atoms with E-state index in [2.05, 4.69) is 24.1 Å². The molecule has 1 aromatic carbocycles. The van der Waals surface area contributed by atoms with E-state index in [1.807, 2.05) is 24.3 Å². The average Bonchev–Trinajstić information content (AvgIpc) is 2.81. The second-order valence-electron chi connectivity index (χ2n) is 4.83. The van der Waals surface area contributed by atoms with Crippen LogP contribution < -0.4 is 10.2 Å². The fourth-order valence-electron chi connectivity index (χ4n) is 2.29. The van der Waals surface area contributed by atoms with Crippen LogP contribution in [-0.2, 0) is 7.05 Å². The molecule has 21 heavy (non-hydrogen) atoms. The van der Waals surface area contributed by atoms with Crippen LogP contribution in [0.1, 0.15) is 24.3 Å². The smallest absolute Gasteiger partial charge is 0.272 e. The van der Waals surface area contributed by atoms with Crippen LogP contribution in [0.15, 0.2) is 36.5 Å². The summed E-state index contributed by atoms with van der Waals surface area (Å²) in [6.07, 6.45) is 1.71. The first-order valence-electron chi connectivity index (χ1n) is 7.03. The number of nitrogens with zero attached hydrogens (tertiary/aromatic N) is 2. The van der Waals surface area contributed by atoms with E-state index in [1.165, 1.54) is 0 Å². The maximum atomic E-state index is 12.2. The minimum absolute atomic E-state index is 0.167. The zero-order valence-electron chi connectivity index (χ0n) is 12.6. The number of aryl methyl sites for hydroxylation is 1. The minimum Gasteiger partial charge on any atom is -0.372 e. The molecule has 5 heteroatoms. The Kier molecular flexibility index (Phi) is 4.91. The zero-order valence-corrected chi connectivity index (χ0v) is 13.3. The minimum atomic E-state index is -0.167. The lowest BCUT2D eigenvalue weighted by molar-refractivity contribution is 0.101. The molecule has 0 fully saturated rings. The van der Waals surface area contributed by atoms with Crippen molar-refractivity contribution in [2.75, 3.05) is 23.3 Å². The molecule has 0 saturated carbocycles. The van der Waals surface area contributed by atoms with Crippen molar-refractivity contribution in [3.05, 3.63) is 47.2 Å². The molecule has 0 unspecified atom stereocenters. The lowest BCUT2D eigenvalue weighted by Crippen LogP contribution is -2.21. The maximum absolute atomic E-state index is 12.2. The maximum Gasteiger partial charge on any atom is 0.272 e. The zero-order chi connectivity index (χ0) is 15.4. The van der Waals surface area contributed by atoms with Gasteiger partial charge in [-0.05, 0) is 44.2 Å². The van der Waals surface area contributed by atoms with Gasteiger partial charge < -0.3 is 14.8 Å². The Hall–Kier alpha value is -1.94. The first-order valence-corrected chi connectivity index (χ1v) is 7.41. The summed E-state index contributed by atoms with van der Waals surface area (Å²) in [5.41, 5.74) is 2.46. The van der Waals surface area contributed by atoms with Gasteiger partial charge in [0.05, 0.1) is 5.02 Å². The Morgan fingerprint density at radius 1 is 1.24 bits per heavy atom. The third-order valence-electron chi connectivity index (χ3n) is 3.46. The van der Waals surface area contributed by atoms with Crippen molar-refractivity contribution in [1.82, 2.24) is 4.57 Å². The summed E-state index contributed by atoms with van der Waals surface area (Å²) in [5.74, 6) is -0.167. The number of benzene rings is 1. The summed E-state index contributed by atoms with van der Waals surface area (Å²) in [7, 11) is 1.80. The van der Waals surface area contributed by atoms with Crippen LogP contribution in [0.5, 0.6) is 0 Å². The Morgan fingerprint density at radius 3 is 2.33 bits per heavy atom. The van der Waals surface area contributed by atoms with Crippen molar-refractivity contribution >= 4 is 28.9 Å². The van der Waals surface area contributed by atoms with E-state index in [1.54, 1.807) is 23.9 Å². The molecule has 0 aliphatic heterocycles. The van der Waals surface area contributed by atoms with E-state index < -0.39 is 0 Å². The van der Waals surface area contributed by atoms with Crippen molar-refractivity contribution in [2.45, 2.75) is 13.8 Å². The second kappa shape index (κ2) is 6.68. The summed E-state index contributed by atoms with van der Waals surface area (Å²) >= 11 is 5.89. The molecular weight excluding hydrogens is 286 g/mol. The van der Waals surface area contributed by atoms with E-state index in [0.717, 1.165) is 24.5 Å². The number of carbonyl (C=O) groups excluding carboxylic acids is 1. The molecule has 1 aromatic heterocycles. The summed E-state index contributed by atoms with van der Waals surface area (Å²) in [6.45, 7) is 6.17. The third kappa shape index (κ3) is 3.58. The van der Waals surface area contributed by atoms with Crippen LogP contribution in [0.25, 0.3) is 0 Å². The third-order valence-corrected chi connectivity index (χ3v) is 3.66. The van der Waals surface area contributed by atoms with Gasteiger partial charge in [0, 0.05) is 37.7 Å². The Labute approximate surface area is 130 Å². The molecule has 0 bridgehead atoms. The Morgan fingerprint density at radius 2 is 1.86 bits per heavy atom. The van der Waals surface area contributed by atoms with E-state index in [0.29, 0.717) is 10.7 Å². The molecule has 0 radical (unpaired) electrons. The monoisotopic (exact) mass is 305 g/mol. The van der Waals surface area contributed by atoms with Crippen LogP contribution in [0.2, 0.25) is 5.02 Å². The van der Waals surface area contributed by atoms with Gasteiger partial charge in [-0.25, -0.2) is 0 Å². The largest absolute Gasteiger partial charge is 0.372 e. The van der Waals surface area contributed by atoms with Crippen LogP contribution >= 0.6 is 11.6 Å². The average molecular weight is 306 g/mol. The molecule has 1 N–H and O–H groups in total. The van der Waals surface area contributed by atoms with Gasteiger partial charge in [0.15, 0.2) is 0 Å². The molecule has 1 amide bonds. The summed E-state index contributed by atoms with van der Waals surface area (Å²) in [5, 5.41) is 3.43. The summed E-state index contributed by atoms with van der Waals surface area (Å²) in [4.78, 5) is 14.4. The van der Waals surface area contributed by atoms with Gasteiger partial charge >= 0.3 is 0 Å². The van der Waals surface area contributed by atoms with E-state index >= 15 is 0 Å². The molecule has 0 aliphatic rings. The van der Waals surface area contributed by atoms with E-state index in [-0.39, 0.29) is 5.91 Å². The topological polar surface area (TPSA) is 37.3 Å². The quantitative estimate of drug-likeness (QED) is 0.913. The van der Waals surface area contributed by atoms with Gasteiger partial charge in [0.25, 0.3) is 5.91 Å². The lowest BCUT2D eigenvalue weighted by Gasteiger charge is -2.21. The van der Waals surface area contributed by atoms with Gasteiger partial charge in [-0.1, -0.05) is 11.6 Å². The highest BCUT2D eigenvalue weighted by molar-refractivity contribution is 6.31. The van der Waals surface area contributed by atoms with E-state index in [4.69, 9.17) is 11.6 Å². The Balaban J connectivity index is 2.10. The van der Waals surface area contributed by atoms with Gasteiger partial charge in [-0.15, -0.1) is 0 Å². The van der Waals surface area contributed by atoms with Crippen molar-refractivity contribution in [2.24, 2.45) is 7.05 Å². The van der Waals surface area contributed by atoms with Crippen LogP contribution in [0.3, 0.4) is 0 Å². The molecule has 2 aromatic rings. The molecular formula is C16H20ClN3O. The Bertz CT molecular complexity index is 615. The number of halogens is 1. The normalized spacial score (nSPS) is 10.5. The molecule has 2 rings (SSSR count). The summed E-state index contributed by atoms with van der Waals surface area (Å²) in [6, 6.07) is 9.51. The number of hydrogen-bond acceptors (Lipinski definition) is 2. The fourth-order valence-corrected chi connectivity index (χ4v) is 2.54. The SMILES string of the molecule is CCN(CC)c1ccc(NC(=O)c2cc(Cl)cn2C)cc1. The predicted octanol–water partition coefficient (Wildman–Crippen LogP) is 3.78.